The van der Waals surface area contributed by atoms with E-state index in [2.05, 4.69) is 46.1 Å². The van der Waals surface area contributed by atoms with Crippen LogP contribution in [0.15, 0.2) is 60.8 Å². The van der Waals surface area contributed by atoms with Crippen molar-refractivity contribution in [1.29, 1.82) is 0 Å². The van der Waals surface area contributed by atoms with Crippen LogP contribution in [0.5, 0.6) is 5.75 Å². The Morgan fingerprint density at radius 2 is 1.87 bits per heavy atom. The van der Waals surface area contributed by atoms with Crippen molar-refractivity contribution in [2.75, 3.05) is 25.4 Å². The standard InChI is InChI=1S/C23H27N5O2/c1-2-28(16-17-7-4-3-5-8-17)11-12-30-20-10-6-9-18(14-20)13-19-15-26-22(24)21(27-19)23(25)29/h3-10,14-15H,2,11-13,16H2,1H3,(H2,24,26)(H2,25,29). The van der Waals surface area contributed by atoms with Gasteiger partial charge in [-0.3, -0.25) is 9.69 Å². The SMILES string of the molecule is CCN(CCOc1cccc(Cc2cnc(N)c(C(N)=O)n2)c1)Cc1ccccc1. The predicted molar refractivity (Wildman–Crippen MR) is 117 cm³/mol. The third-order valence-corrected chi connectivity index (χ3v) is 4.74. The van der Waals surface area contributed by atoms with E-state index in [4.69, 9.17) is 16.2 Å². The number of amides is 1. The van der Waals surface area contributed by atoms with Crippen molar-refractivity contribution in [3.05, 3.63) is 83.3 Å². The van der Waals surface area contributed by atoms with E-state index < -0.39 is 5.91 Å². The quantitative estimate of drug-likeness (QED) is 0.537. The zero-order valence-corrected chi connectivity index (χ0v) is 17.1. The fourth-order valence-corrected chi connectivity index (χ4v) is 3.14. The van der Waals surface area contributed by atoms with E-state index in [-0.39, 0.29) is 11.5 Å². The summed E-state index contributed by atoms with van der Waals surface area (Å²) in [6.45, 7) is 5.44. The molecule has 1 amide bonds. The molecule has 7 heteroatoms. The maximum absolute atomic E-state index is 11.4. The van der Waals surface area contributed by atoms with Gasteiger partial charge in [-0.2, -0.15) is 0 Å². The third kappa shape index (κ3) is 6.02. The zero-order chi connectivity index (χ0) is 21.3. The summed E-state index contributed by atoms with van der Waals surface area (Å²) >= 11 is 0. The second-order valence-corrected chi connectivity index (χ2v) is 6.99. The molecule has 0 aliphatic rings. The van der Waals surface area contributed by atoms with Gasteiger partial charge in [0.2, 0.25) is 0 Å². The molecular weight excluding hydrogens is 378 g/mol. The molecule has 0 bridgehead atoms. The number of ether oxygens (including phenoxy) is 1. The second kappa shape index (κ2) is 10.4. The number of nitrogens with two attached hydrogens (primary N) is 2. The van der Waals surface area contributed by atoms with E-state index in [1.165, 1.54) is 5.56 Å². The van der Waals surface area contributed by atoms with Gasteiger partial charge in [0, 0.05) is 19.5 Å². The average molecular weight is 406 g/mol. The molecule has 3 rings (SSSR count). The first-order valence-corrected chi connectivity index (χ1v) is 9.94. The minimum atomic E-state index is -0.685. The van der Waals surface area contributed by atoms with Crippen LogP contribution in [0.4, 0.5) is 5.82 Å². The predicted octanol–water partition coefficient (Wildman–Crippen LogP) is 2.65. The number of likely N-dealkylation sites (N-methyl/N-ethyl adjacent to an activating group) is 1. The first-order valence-electron chi connectivity index (χ1n) is 9.94. The van der Waals surface area contributed by atoms with Crippen LogP contribution in [-0.4, -0.2) is 40.5 Å². The number of aromatic nitrogens is 2. The Balaban J connectivity index is 1.56. The highest BCUT2D eigenvalue weighted by Gasteiger charge is 2.11. The Morgan fingerprint density at radius 1 is 1.10 bits per heavy atom. The Hall–Kier alpha value is -3.45. The molecule has 0 radical (unpaired) electrons. The van der Waals surface area contributed by atoms with E-state index in [9.17, 15) is 4.79 Å². The van der Waals surface area contributed by atoms with Gasteiger partial charge in [-0.05, 0) is 29.8 Å². The normalized spacial score (nSPS) is 10.9. The molecule has 0 fully saturated rings. The lowest BCUT2D eigenvalue weighted by molar-refractivity contribution is 0.0996. The van der Waals surface area contributed by atoms with Crippen molar-refractivity contribution in [2.24, 2.45) is 5.73 Å². The monoisotopic (exact) mass is 405 g/mol. The summed E-state index contributed by atoms with van der Waals surface area (Å²) < 4.78 is 5.96. The number of carbonyl (C=O) groups excluding carboxylic acids is 1. The first kappa shape index (κ1) is 21.3. The lowest BCUT2D eigenvalue weighted by atomic mass is 10.1. The van der Waals surface area contributed by atoms with E-state index in [0.717, 1.165) is 30.9 Å². The number of nitrogens with zero attached hydrogens (tertiary/aromatic N) is 3. The van der Waals surface area contributed by atoms with Crippen LogP contribution in [0.1, 0.15) is 34.2 Å². The van der Waals surface area contributed by atoms with Gasteiger partial charge < -0.3 is 16.2 Å². The lowest BCUT2D eigenvalue weighted by Crippen LogP contribution is -2.27. The Morgan fingerprint density at radius 3 is 2.60 bits per heavy atom. The van der Waals surface area contributed by atoms with Gasteiger partial charge in [0.05, 0.1) is 11.9 Å². The zero-order valence-electron chi connectivity index (χ0n) is 17.1. The summed E-state index contributed by atoms with van der Waals surface area (Å²) in [6, 6.07) is 18.2. The number of hydrogen-bond acceptors (Lipinski definition) is 6. The number of nitrogen functional groups attached to an aromatic ring is 1. The minimum absolute atomic E-state index is 0.00187. The number of primary amides is 1. The fourth-order valence-electron chi connectivity index (χ4n) is 3.14. The highest BCUT2D eigenvalue weighted by molar-refractivity contribution is 5.94. The molecule has 156 valence electrons. The highest BCUT2D eigenvalue weighted by atomic mass is 16.5. The molecular formula is C23H27N5O2. The second-order valence-electron chi connectivity index (χ2n) is 6.99. The van der Waals surface area contributed by atoms with Gasteiger partial charge in [0.1, 0.15) is 12.4 Å². The van der Waals surface area contributed by atoms with Crippen LogP contribution in [0.2, 0.25) is 0 Å². The summed E-state index contributed by atoms with van der Waals surface area (Å²) in [5.41, 5.74) is 13.9. The summed E-state index contributed by atoms with van der Waals surface area (Å²) in [4.78, 5) is 22.0. The number of carbonyl (C=O) groups is 1. The molecule has 30 heavy (non-hydrogen) atoms. The number of rotatable bonds is 10. The van der Waals surface area contributed by atoms with Crippen LogP contribution in [-0.2, 0) is 13.0 Å². The van der Waals surface area contributed by atoms with Crippen molar-refractivity contribution in [2.45, 2.75) is 19.9 Å². The Kier molecular flexibility index (Phi) is 7.34. The van der Waals surface area contributed by atoms with Crippen LogP contribution in [0.3, 0.4) is 0 Å². The molecule has 0 spiro atoms. The van der Waals surface area contributed by atoms with Crippen molar-refractivity contribution >= 4 is 11.7 Å². The van der Waals surface area contributed by atoms with Crippen molar-refractivity contribution in [1.82, 2.24) is 14.9 Å². The summed E-state index contributed by atoms with van der Waals surface area (Å²) in [5.74, 6) is 0.149. The molecule has 1 heterocycles. The number of benzene rings is 2. The Labute approximate surface area is 176 Å². The van der Waals surface area contributed by atoms with E-state index in [1.54, 1.807) is 6.20 Å². The van der Waals surface area contributed by atoms with Crippen LogP contribution >= 0.6 is 0 Å². The smallest absolute Gasteiger partial charge is 0.271 e. The van der Waals surface area contributed by atoms with Crippen LogP contribution < -0.4 is 16.2 Å². The third-order valence-electron chi connectivity index (χ3n) is 4.74. The maximum atomic E-state index is 11.4. The molecule has 3 aromatic rings. The van der Waals surface area contributed by atoms with Gasteiger partial charge in [0.15, 0.2) is 11.5 Å². The molecule has 0 saturated carbocycles. The van der Waals surface area contributed by atoms with Crippen molar-refractivity contribution in [3.8, 4) is 5.75 Å². The molecule has 0 aliphatic heterocycles. The number of hydrogen-bond donors (Lipinski definition) is 2. The average Bonchev–Trinajstić information content (AvgIpc) is 2.75. The molecule has 0 atom stereocenters. The van der Waals surface area contributed by atoms with E-state index in [1.807, 2.05) is 30.3 Å². The molecule has 0 unspecified atom stereocenters. The highest BCUT2D eigenvalue weighted by Crippen LogP contribution is 2.17. The molecule has 7 nitrogen and oxygen atoms in total. The van der Waals surface area contributed by atoms with Crippen LogP contribution in [0, 0.1) is 0 Å². The van der Waals surface area contributed by atoms with Crippen LogP contribution in [0.25, 0.3) is 0 Å². The summed E-state index contributed by atoms with van der Waals surface area (Å²) in [5, 5.41) is 0. The van der Waals surface area contributed by atoms with E-state index in [0.29, 0.717) is 18.7 Å². The first-order chi connectivity index (χ1) is 14.5. The van der Waals surface area contributed by atoms with Crippen molar-refractivity contribution in [3.63, 3.8) is 0 Å². The molecule has 4 N–H and O–H groups in total. The van der Waals surface area contributed by atoms with Gasteiger partial charge in [-0.1, -0.05) is 49.4 Å². The summed E-state index contributed by atoms with van der Waals surface area (Å²) in [7, 11) is 0. The summed E-state index contributed by atoms with van der Waals surface area (Å²) in [6.07, 6.45) is 2.05. The minimum Gasteiger partial charge on any atom is -0.492 e. The molecule has 0 aliphatic carbocycles. The molecule has 0 saturated heterocycles. The van der Waals surface area contributed by atoms with Gasteiger partial charge in [-0.25, -0.2) is 9.97 Å². The fraction of sp³-hybridized carbons (Fsp3) is 0.261. The van der Waals surface area contributed by atoms with Gasteiger partial charge >= 0.3 is 0 Å². The lowest BCUT2D eigenvalue weighted by Gasteiger charge is -2.20. The topological polar surface area (TPSA) is 107 Å². The molecule has 2 aromatic carbocycles. The largest absolute Gasteiger partial charge is 0.492 e. The van der Waals surface area contributed by atoms with Crippen molar-refractivity contribution < 1.29 is 9.53 Å². The number of anilines is 1. The van der Waals surface area contributed by atoms with Gasteiger partial charge in [0.25, 0.3) is 5.91 Å². The Bertz CT molecular complexity index is 978. The van der Waals surface area contributed by atoms with E-state index >= 15 is 0 Å². The molecule has 1 aromatic heterocycles. The maximum Gasteiger partial charge on any atom is 0.271 e. The van der Waals surface area contributed by atoms with Gasteiger partial charge in [-0.15, -0.1) is 0 Å².